The molecule has 0 aromatic rings. The Morgan fingerprint density at radius 2 is 2.43 bits per heavy atom. The molecule has 0 aliphatic carbocycles. The highest BCUT2D eigenvalue weighted by Gasteiger charge is 2.25. The standard InChI is InChI=1S/C10H19NO3/c1-3-9(10(12)13)11-6-8-4-5-14-7(8)2/h7-9,11H,3-6H2,1-2H3,(H,12,13). The van der Waals surface area contributed by atoms with E-state index < -0.39 is 12.0 Å². The van der Waals surface area contributed by atoms with Crippen LogP contribution in [0.5, 0.6) is 0 Å². The van der Waals surface area contributed by atoms with E-state index in [1.807, 2.05) is 13.8 Å². The molecule has 3 unspecified atom stereocenters. The molecule has 0 bridgehead atoms. The Kier molecular flexibility index (Phi) is 4.35. The van der Waals surface area contributed by atoms with Gasteiger partial charge in [-0.3, -0.25) is 4.79 Å². The SMILES string of the molecule is CCC(NCC1CCOC1C)C(=O)O. The molecule has 0 spiro atoms. The molecule has 1 aliphatic rings. The molecule has 0 aromatic carbocycles. The highest BCUT2D eigenvalue weighted by atomic mass is 16.5. The van der Waals surface area contributed by atoms with Crippen LogP contribution >= 0.6 is 0 Å². The monoisotopic (exact) mass is 201 g/mol. The van der Waals surface area contributed by atoms with Gasteiger partial charge in [-0.05, 0) is 25.7 Å². The summed E-state index contributed by atoms with van der Waals surface area (Å²) in [5, 5.41) is 11.9. The van der Waals surface area contributed by atoms with Crippen molar-refractivity contribution in [1.82, 2.24) is 5.32 Å². The summed E-state index contributed by atoms with van der Waals surface area (Å²) >= 11 is 0. The quantitative estimate of drug-likeness (QED) is 0.692. The molecule has 82 valence electrons. The zero-order valence-corrected chi connectivity index (χ0v) is 8.82. The van der Waals surface area contributed by atoms with Gasteiger partial charge in [-0.15, -0.1) is 0 Å². The third-order valence-corrected chi connectivity index (χ3v) is 2.87. The van der Waals surface area contributed by atoms with Gasteiger partial charge in [0.05, 0.1) is 6.10 Å². The van der Waals surface area contributed by atoms with Crippen molar-refractivity contribution in [3.63, 3.8) is 0 Å². The number of hydrogen-bond donors (Lipinski definition) is 2. The minimum atomic E-state index is -0.765. The summed E-state index contributed by atoms with van der Waals surface area (Å²) in [6.45, 7) is 5.46. The minimum absolute atomic E-state index is 0.258. The van der Waals surface area contributed by atoms with Crippen LogP contribution in [0.1, 0.15) is 26.7 Å². The Hall–Kier alpha value is -0.610. The number of nitrogens with one attached hydrogen (secondary N) is 1. The topological polar surface area (TPSA) is 58.6 Å². The zero-order valence-electron chi connectivity index (χ0n) is 8.82. The summed E-state index contributed by atoms with van der Waals surface area (Å²) in [5.74, 6) is -0.303. The van der Waals surface area contributed by atoms with E-state index in [1.54, 1.807) is 0 Å². The predicted molar refractivity (Wildman–Crippen MR) is 53.2 cm³/mol. The van der Waals surface area contributed by atoms with Gasteiger partial charge in [0.15, 0.2) is 0 Å². The van der Waals surface area contributed by atoms with Gasteiger partial charge in [0.2, 0.25) is 0 Å². The molecule has 1 heterocycles. The zero-order chi connectivity index (χ0) is 10.6. The fraction of sp³-hybridized carbons (Fsp3) is 0.900. The number of rotatable bonds is 5. The molecule has 0 radical (unpaired) electrons. The van der Waals surface area contributed by atoms with Crippen LogP contribution in [0.2, 0.25) is 0 Å². The fourth-order valence-electron chi connectivity index (χ4n) is 1.74. The Labute approximate surface area is 84.6 Å². The molecule has 1 saturated heterocycles. The van der Waals surface area contributed by atoms with Crippen molar-refractivity contribution in [2.75, 3.05) is 13.2 Å². The Morgan fingerprint density at radius 3 is 2.86 bits per heavy atom. The molecule has 4 heteroatoms. The fourth-order valence-corrected chi connectivity index (χ4v) is 1.74. The van der Waals surface area contributed by atoms with Crippen molar-refractivity contribution in [2.45, 2.75) is 38.8 Å². The van der Waals surface area contributed by atoms with Gasteiger partial charge >= 0.3 is 5.97 Å². The molecule has 1 aliphatic heterocycles. The molecule has 3 atom stereocenters. The van der Waals surface area contributed by atoms with Crippen LogP contribution in [0, 0.1) is 5.92 Å². The molecule has 0 saturated carbocycles. The summed E-state index contributed by atoms with van der Waals surface area (Å²) in [5.41, 5.74) is 0. The van der Waals surface area contributed by atoms with Crippen LogP contribution in [0.15, 0.2) is 0 Å². The lowest BCUT2D eigenvalue weighted by atomic mass is 10.0. The van der Waals surface area contributed by atoms with Crippen molar-refractivity contribution in [3.8, 4) is 0 Å². The molecule has 14 heavy (non-hydrogen) atoms. The van der Waals surface area contributed by atoms with Gasteiger partial charge in [0.25, 0.3) is 0 Å². The van der Waals surface area contributed by atoms with Gasteiger partial charge in [0, 0.05) is 13.2 Å². The lowest BCUT2D eigenvalue weighted by Gasteiger charge is -2.18. The van der Waals surface area contributed by atoms with Crippen LogP contribution in [-0.4, -0.2) is 36.4 Å². The van der Waals surface area contributed by atoms with Crippen LogP contribution in [0.3, 0.4) is 0 Å². The van der Waals surface area contributed by atoms with Crippen LogP contribution < -0.4 is 5.32 Å². The van der Waals surface area contributed by atoms with Crippen molar-refractivity contribution < 1.29 is 14.6 Å². The average molecular weight is 201 g/mol. The lowest BCUT2D eigenvalue weighted by molar-refractivity contribution is -0.139. The van der Waals surface area contributed by atoms with E-state index in [2.05, 4.69) is 5.32 Å². The Balaban J connectivity index is 2.27. The third-order valence-electron chi connectivity index (χ3n) is 2.87. The maximum Gasteiger partial charge on any atom is 0.320 e. The molecular formula is C10H19NO3. The second-order valence-electron chi connectivity index (χ2n) is 3.83. The van der Waals surface area contributed by atoms with Gasteiger partial charge < -0.3 is 15.2 Å². The van der Waals surface area contributed by atoms with Crippen molar-refractivity contribution in [2.24, 2.45) is 5.92 Å². The first-order valence-electron chi connectivity index (χ1n) is 5.23. The van der Waals surface area contributed by atoms with Crippen molar-refractivity contribution >= 4 is 5.97 Å². The molecule has 1 fully saturated rings. The Bertz CT molecular complexity index is 196. The van der Waals surface area contributed by atoms with Gasteiger partial charge in [-0.25, -0.2) is 0 Å². The number of carboxylic acid groups (broad SMARTS) is 1. The van der Waals surface area contributed by atoms with Crippen LogP contribution in [-0.2, 0) is 9.53 Å². The smallest absolute Gasteiger partial charge is 0.320 e. The maximum atomic E-state index is 10.7. The van der Waals surface area contributed by atoms with Crippen LogP contribution in [0.4, 0.5) is 0 Å². The summed E-state index contributed by atoms with van der Waals surface area (Å²) in [6.07, 6.45) is 1.91. The van der Waals surface area contributed by atoms with E-state index in [0.29, 0.717) is 12.3 Å². The minimum Gasteiger partial charge on any atom is -0.480 e. The maximum absolute atomic E-state index is 10.7. The predicted octanol–water partition coefficient (Wildman–Crippen LogP) is 0.864. The van der Waals surface area contributed by atoms with Crippen molar-refractivity contribution in [3.05, 3.63) is 0 Å². The summed E-state index contributed by atoms with van der Waals surface area (Å²) in [6, 6.07) is -0.414. The third kappa shape index (κ3) is 2.96. The van der Waals surface area contributed by atoms with Crippen molar-refractivity contribution in [1.29, 1.82) is 0 Å². The summed E-state index contributed by atoms with van der Waals surface area (Å²) in [7, 11) is 0. The van der Waals surface area contributed by atoms with Gasteiger partial charge in [0.1, 0.15) is 6.04 Å². The summed E-state index contributed by atoms with van der Waals surface area (Å²) < 4.78 is 5.40. The first-order chi connectivity index (χ1) is 6.65. The highest BCUT2D eigenvalue weighted by molar-refractivity contribution is 5.73. The van der Waals surface area contributed by atoms with E-state index in [-0.39, 0.29) is 6.10 Å². The molecule has 2 N–H and O–H groups in total. The molecule has 1 rings (SSSR count). The highest BCUT2D eigenvalue weighted by Crippen LogP contribution is 2.19. The molecule has 4 nitrogen and oxygen atoms in total. The number of aliphatic carboxylic acids is 1. The van der Waals surface area contributed by atoms with E-state index in [1.165, 1.54) is 0 Å². The first-order valence-corrected chi connectivity index (χ1v) is 5.23. The first kappa shape index (κ1) is 11.5. The van der Waals surface area contributed by atoms with Gasteiger partial charge in [-0.1, -0.05) is 6.92 Å². The van der Waals surface area contributed by atoms with E-state index in [4.69, 9.17) is 9.84 Å². The lowest BCUT2D eigenvalue weighted by Crippen LogP contribution is -2.40. The van der Waals surface area contributed by atoms with E-state index in [0.717, 1.165) is 19.6 Å². The normalized spacial score (nSPS) is 29.0. The summed E-state index contributed by atoms with van der Waals surface area (Å²) in [4.78, 5) is 10.7. The van der Waals surface area contributed by atoms with E-state index in [9.17, 15) is 4.79 Å². The number of carbonyl (C=O) groups is 1. The average Bonchev–Trinajstić information content (AvgIpc) is 2.52. The second kappa shape index (κ2) is 5.32. The molecular weight excluding hydrogens is 182 g/mol. The number of carboxylic acids is 1. The number of hydrogen-bond acceptors (Lipinski definition) is 3. The number of ether oxygens (including phenoxy) is 1. The molecule has 0 aromatic heterocycles. The van der Waals surface area contributed by atoms with E-state index >= 15 is 0 Å². The van der Waals surface area contributed by atoms with Crippen LogP contribution in [0.25, 0.3) is 0 Å². The second-order valence-corrected chi connectivity index (χ2v) is 3.83. The Morgan fingerprint density at radius 1 is 1.71 bits per heavy atom. The van der Waals surface area contributed by atoms with Gasteiger partial charge in [-0.2, -0.15) is 0 Å². The largest absolute Gasteiger partial charge is 0.480 e. The molecule has 0 amide bonds.